The topological polar surface area (TPSA) is 49.4 Å². The second-order valence-corrected chi connectivity index (χ2v) is 5.86. The number of anilines is 2. The Bertz CT molecular complexity index is 688. The van der Waals surface area contributed by atoms with E-state index >= 15 is 0 Å². The van der Waals surface area contributed by atoms with Gasteiger partial charge in [-0.2, -0.15) is 0 Å². The Hall–Kier alpha value is -2.62. The maximum atomic E-state index is 12.2. The molecule has 2 amide bonds. The summed E-state index contributed by atoms with van der Waals surface area (Å²) < 4.78 is 0. The third-order valence-corrected chi connectivity index (χ3v) is 3.82. The van der Waals surface area contributed by atoms with Crippen LogP contribution in [0.5, 0.6) is 0 Å². The Morgan fingerprint density at radius 2 is 1.52 bits per heavy atom. The molecule has 4 heteroatoms. The van der Waals surface area contributed by atoms with E-state index in [0.717, 1.165) is 5.69 Å². The van der Waals surface area contributed by atoms with Gasteiger partial charge >= 0.3 is 0 Å². The number of hydrogen-bond donors (Lipinski definition) is 1. The van der Waals surface area contributed by atoms with E-state index in [1.54, 1.807) is 36.2 Å². The number of nitrogens with one attached hydrogen (secondary N) is 1. The van der Waals surface area contributed by atoms with Gasteiger partial charge in [0.1, 0.15) is 0 Å². The van der Waals surface area contributed by atoms with Gasteiger partial charge in [0.2, 0.25) is 5.91 Å². The van der Waals surface area contributed by atoms with Crippen molar-refractivity contribution < 1.29 is 9.59 Å². The van der Waals surface area contributed by atoms with E-state index in [0.29, 0.717) is 17.2 Å². The molecule has 23 heavy (non-hydrogen) atoms. The monoisotopic (exact) mass is 310 g/mol. The molecule has 0 heterocycles. The first-order valence-electron chi connectivity index (χ1n) is 7.64. The molecule has 0 aliphatic heterocycles. The molecule has 0 radical (unpaired) electrons. The van der Waals surface area contributed by atoms with Crippen LogP contribution in [-0.4, -0.2) is 18.9 Å². The summed E-state index contributed by atoms with van der Waals surface area (Å²) in [5, 5.41) is 2.86. The van der Waals surface area contributed by atoms with Crippen LogP contribution < -0.4 is 10.2 Å². The molecular formula is C19H22N2O2. The third-order valence-electron chi connectivity index (χ3n) is 3.82. The van der Waals surface area contributed by atoms with Crippen LogP contribution in [0.1, 0.15) is 42.6 Å². The molecule has 4 nitrogen and oxygen atoms in total. The SMILES string of the molecule is CC(=O)N(C)c1ccc(NC(=O)c2ccc(C(C)C)cc2)cc1. The average Bonchev–Trinajstić information content (AvgIpc) is 2.54. The van der Waals surface area contributed by atoms with Crippen molar-refractivity contribution >= 4 is 23.2 Å². The first-order chi connectivity index (χ1) is 10.9. The molecule has 0 bridgehead atoms. The molecule has 0 unspecified atom stereocenters. The third kappa shape index (κ3) is 4.19. The first-order valence-corrected chi connectivity index (χ1v) is 7.64. The van der Waals surface area contributed by atoms with Crippen molar-refractivity contribution in [2.24, 2.45) is 0 Å². The maximum Gasteiger partial charge on any atom is 0.255 e. The second-order valence-electron chi connectivity index (χ2n) is 5.86. The number of carbonyl (C=O) groups is 2. The molecule has 2 aromatic rings. The molecule has 0 aromatic heterocycles. The summed E-state index contributed by atoms with van der Waals surface area (Å²) in [5.41, 5.74) is 3.32. The Morgan fingerprint density at radius 3 is 2.00 bits per heavy atom. The fraction of sp³-hybridized carbons (Fsp3) is 0.263. The predicted octanol–water partition coefficient (Wildman–Crippen LogP) is 4.05. The molecule has 0 saturated heterocycles. The lowest BCUT2D eigenvalue weighted by atomic mass is 10.0. The molecule has 120 valence electrons. The lowest BCUT2D eigenvalue weighted by Crippen LogP contribution is -2.22. The van der Waals surface area contributed by atoms with Gasteiger partial charge in [-0.1, -0.05) is 26.0 Å². The molecule has 2 rings (SSSR count). The van der Waals surface area contributed by atoms with Gasteiger partial charge in [0.15, 0.2) is 0 Å². The number of rotatable bonds is 4. The number of hydrogen-bond acceptors (Lipinski definition) is 2. The zero-order valence-electron chi connectivity index (χ0n) is 14.0. The number of nitrogens with zero attached hydrogens (tertiary/aromatic N) is 1. The largest absolute Gasteiger partial charge is 0.322 e. The lowest BCUT2D eigenvalue weighted by molar-refractivity contribution is -0.116. The summed E-state index contributed by atoms with van der Waals surface area (Å²) in [5.74, 6) is 0.262. The molecule has 0 atom stereocenters. The highest BCUT2D eigenvalue weighted by Crippen LogP contribution is 2.19. The Labute approximate surface area is 137 Å². The van der Waals surface area contributed by atoms with Crippen LogP contribution in [-0.2, 0) is 4.79 Å². The van der Waals surface area contributed by atoms with Crippen molar-refractivity contribution in [2.75, 3.05) is 17.3 Å². The number of benzene rings is 2. The fourth-order valence-corrected chi connectivity index (χ4v) is 2.17. The van der Waals surface area contributed by atoms with Crippen molar-refractivity contribution in [3.05, 3.63) is 59.7 Å². The van der Waals surface area contributed by atoms with Crippen LogP contribution in [0.4, 0.5) is 11.4 Å². The zero-order valence-corrected chi connectivity index (χ0v) is 14.0. The van der Waals surface area contributed by atoms with E-state index in [9.17, 15) is 9.59 Å². The van der Waals surface area contributed by atoms with E-state index < -0.39 is 0 Å². The zero-order chi connectivity index (χ0) is 17.0. The van der Waals surface area contributed by atoms with Crippen LogP contribution in [0.2, 0.25) is 0 Å². The van der Waals surface area contributed by atoms with Crippen LogP contribution >= 0.6 is 0 Å². The Kier molecular flexibility index (Phi) is 5.16. The summed E-state index contributed by atoms with van der Waals surface area (Å²) in [6.07, 6.45) is 0. The van der Waals surface area contributed by atoms with Crippen LogP contribution in [0, 0.1) is 0 Å². The van der Waals surface area contributed by atoms with Crippen LogP contribution in [0.15, 0.2) is 48.5 Å². The van der Waals surface area contributed by atoms with Crippen molar-refractivity contribution in [1.82, 2.24) is 0 Å². The Balaban J connectivity index is 2.06. The quantitative estimate of drug-likeness (QED) is 0.926. The molecular weight excluding hydrogens is 288 g/mol. The lowest BCUT2D eigenvalue weighted by Gasteiger charge is -2.15. The number of carbonyl (C=O) groups excluding carboxylic acids is 2. The Morgan fingerprint density at radius 1 is 0.957 bits per heavy atom. The van der Waals surface area contributed by atoms with Crippen LogP contribution in [0.3, 0.4) is 0 Å². The normalized spacial score (nSPS) is 10.5. The van der Waals surface area contributed by atoms with Crippen molar-refractivity contribution in [1.29, 1.82) is 0 Å². The molecule has 0 aliphatic carbocycles. The number of amides is 2. The predicted molar refractivity (Wildman–Crippen MR) is 94.0 cm³/mol. The highest BCUT2D eigenvalue weighted by atomic mass is 16.2. The van der Waals surface area contributed by atoms with Gasteiger partial charge in [-0.05, 0) is 47.9 Å². The molecule has 0 aliphatic rings. The van der Waals surface area contributed by atoms with Crippen molar-refractivity contribution in [3.8, 4) is 0 Å². The van der Waals surface area contributed by atoms with Gasteiger partial charge in [-0.25, -0.2) is 0 Å². The molecule has 0 fully saturated rings. The smallest absolute Gasteiger partial charge is 0.255 e. The van der Waals surface area contributed by atoms with Crippen molar-refractivity contribution in [2.45, 2.75) is 26.7 Å². The van der Waals surface area contributed by atoms with Gasteiger partial charge in [0.05, 0.1) is 0 Å². The maximum absolute atomic E-state index is 12.2. The first kappa shape index (κ1) is 16.7. The van der Waals surface area contributed by atoms with Gasteiger partial charge in [0, 0.05) is 30.9 Å². The average molecular weight is 310 g/mol. The molecule has 1 N–H and O–H groups in total. The minimum Gasteiger partial charge on any atom is -0.322 e. The van der Waals surface area contributed by atoms with Crippen molar-refractivity contribution in [3.63, 3.8) is 0 Å². The molecule has 0 spiro atoms. The minimum absolute atomic E-state index is 0.0352. The van der Waals surface area contributed by atoms with Gasteiger partial charge in [-0.15, -0.1) is 0 Å². The van der Waals surface area contributed by atoms with Gasteiger partial charge < -0.3 is 10.2 Å². The van der Waals surface area contributed by atoms with E-state index in [-0.39, 0.29) is 11.8 Å². The summed E-state index contributed by atoms with van der Waals surface area (Å²) in [6, 6.07) is 14.8. The highest BCUT2D eigenvalue weighted by Gasteiger charge is 2.08. The fourth-order valence-electron chi connectivity index (χ4n) is 2.17. The highest BCUT2D eigenvalue weighted by molar-refractivity contribution is 6.04. The summed E-state index contributed by atoms with van der Waals surface area (Å²) >= 11 is 0. The molecule has 2 aromatic carbocycles. The summed E-state index contributed by atoms with van der Waals surface area (Å²) in [6.45, 7) is 5.75. The van der Waals surface area contributed by atoms with Gasteiger partial charge in [0.25, 0.3) is 5.91 Å². The second kappa shape index (κ2) is 7.09. The standard InChI is InChI=1S/C19H22N2O2/c1-13(2)15-5-7-16(8-6-15)19(23)20-17-9-11-18(12-10-17)21(4)14(3)22/h5-13H,1-4H3,(H,20,23). The summed E-state index contributed by atoms with van der Waals surface area (Å²) in [7, 11) is 1.71. The van der Waals surface area contributed by atoms with E-state index in [2.05, 4.69) is 19.2 Å². The van der Waals surface area contributed by atoms with E-state index in [1.807, 2.05) is 24.3 Å². The van der Waals surface area contributed by atoms with E-state index in [1.165, 1.54) is 12.5 Å². The summed E-state index contributed by atoms with van der Waals surface area (Å²) in [4.78, 5) is 25.1. The van der Waals surface area contributed by atoms with Crippen LogP contribution in [0.25, 0.3) is 0 Å². The minimum atomic E-state index is -0.145. The van der Waals surface area contributed by atoms with E-state index in [4.69, 9.17) is 0 Å². The van der Waals surface area contributed by atoms with Gasteiger partial charge in [-0.3, -0.25) is 9.59 Å². The molecule has 0 saturated carbocycles.